The molecule has 2 nitrogen and oxygen atoms in total. The number of ether oxygens (including phenoxy) is 1. The van der Waals surface area contributed by atoms with E-state index in [1.165, 1.54) is 0 Å². The Morgan fingerprint density at radius 3 is 2.29 bits per heavy atom. The summed E-state index contributed by atoms with van der Waals surface area (Å²) in [6, 6.07) is 0. The highest BCUT2D eigenvalue weighted by atomic mass is 16.5. The first-order chi connectivity index (χ1) is 6.39. The van der Waals surface area contributed by atoms with Crippen LogP contribution in [0.2, 0.25) is 0 Å². The van der Waals surface area contributed by atoms with E-state index in [2.05, 4.69) is 27.7 Å². The normalized spacial score (nSPS) is 13.8. The smallest absolute Gasteiger partial charge is 0.309 e. The number of unbranched alkanes of at least 4 members (excludes halogenated alkanes) is 2. The van der Waals surface area contributed by atoms with E-state index in [4.69, 9.17) is 4.74 Å². The van der Waals surface area contributed by atoms with Crippen molar-refractivity contribution in [3.63, 3.8) is 0 Å². The van der Waals surface area contributed by atoms with Crippen molar-refractivity contribution in [2.24, 2.45) is 11.3 Å². The molecule has 0 aliphatic heterocycles. The first-order valence-corrected chi connectivity index (χ1v) is 5.56. The molecule has 0 N–H and O–H groups in total. The third kappa shape index (κ3) is 5.25. The lowest BCUT2D eigenvalue weighted by Gasteiger charge is -2.25. The van der Waals surface area contributed by atoms with Gasteiger partial charge in [-0.25, -0.2) is 0 Å². The molecular formula is C12H24O2. The minimum Gasteiger partial charge on any atom is -0.465 e. The molecule has 0 saturated heterocycles. The average Bonchev–Trinajstić information content (AvgIpc) is 2.09. The summed E-state index contributed by atoms with van der Waals surface area (Å²) in [6.07, 6.45) is 3.28. The highest BCUT2D eigenvalue weighted by molar-refractivity contribution is 5.72. The van der Waals surface area contributed by atoms with E-state index >= 15 is 0 Å². The van der Waals surface area contributed by atoms with Crippen molar-refractivity contribution >= 4 is 5.97 Å². The van der Waals surface area contributed by atoms with Gasteiger partial charge in [0.05, 0.1) is 12.5 Å². The quantitative estimate of drug-likeness (QED) is 0.502. The second kappa shape index (κ2) is 6.05. The van der Waals surface area contributed by atoms with Gasteiger partial charge >= 0.3 is 5.97 Å². The summed E-state index contributed by atoms with van der Waals surface area (Å²) in [7, 11) is 0. The van der Waals surface area contributed by atoms with Crippen molar-refractivity contribution in [3.8, 4) is 0 Å². The van der Waals surface area contributed by atoms with E-state index in [1.54, 1.807) is 0 Å². The number of carbonyl (C=O) groups is 1. The maximum Gasteiger partial charge on any atom is 0.309 e. The van der Waals surface area contributed by atoms with Crippen LogP contribution in [0.25, 0.3) is 0 Å². The monoisotopic (exact) mass is 200 g/mol. The van der Waals surface area contributed by atoms with Gasteiger partial charge < -0.3 is 4.74 Å². The molecule has 0 saturated carbocycles. The zero-order valence-electron chi connectivity index (χ0n) is 10.2. The summed E-state index contributed by atoms with van der Waals surface area (Å²) in [4.78, 5) is 11.5. The number of carbonyl (C=O) groups excluding carboxylic acids is 1. The van der Waals surface area contributed by atoms with E-state index in [9.17, 15) is 4.79 Å². The summed E-state index contributed by atoms with van der Waals surface area (Å²) in [5.74, 6) is -0.0854. The zero-order valence-corrected chi connectivity index (χ0v) is 10.2. The van der Waals surface area contributed by atoms with Gasteiger partial charge in [-0.15, -0.1) is 0 Å². The average molecular weight is 200 g/mol. The lowest BCUT2D eigenvalue weighted by atomic mass is 9.82. The fourth-order valence-corrected chi connectivity index (χ4v) is 1.00. The molecule has 0 bridgehead atoms. The summed E-state index contributed by atoms with van der Waals surface area (Å²) < 4.78 is 5.19. The van der Waals surface area contributed by atoms with E-state index in [0.29, 0.717) is 6.61 Å². The zero-order chi connectivity index (χ0) is 11.2. The first-order valence-electron chi connectivity index (χ1n) is 5.56. The van der Waals surface area contributed by atoms with Crippen molar-refractivity contribution in [3.05, 3.63) is 0 Å². The Labute approximate surface area is 88.0 Å². The van der Waals surface area contributed by atoms with Crippen LogP contribution < -0.4 is 0 Å². The number of esters is 1. The van der Waals surface area contributed by atoms with Crippen LogP contribution in [0.3, 0.4) is 0 Å². The van der Waals surface area contributed by atoms with E-state index in [0.717, 1.165) is 19.3 Å². The fraction of sp³-hybridized carbons (Fsp3) is 0.917. The van der Waals surface area contributed by atoms with Gasteiger partial charge in [0.15, 0.2) is 0 Å². The Bertz CT molecular complexity index is 168. The highest BCUT2D eigenvalue weighted by Gasteiger charge is 2.27. The third-order valence-corrected chi connectivity index (χ3v) is 2.64. The molecule has 0 aromatic heterocycles. The Hall–Kier alpha value is -0.530. The van der Waals surface area contributed by atoms with Crippen molar-refractivity contribution in [1.29, 1.82) is 0 Å². The molecule has 0 rings (SSSR count). The van der Waals surface area contributed by atoms with Crippen LogP contribution in [0.15, 0.2) is 0 Å². The molecule has 0 aromatic rings. The molecule has 0 amide bonds. The minimum atomic E-state index is -0.0615. The molecule has 0 aromatic carbocycles. The van der Waals surface area contributed by atoms with Gasteiger partial charge in [-0.1, -0.05) is 47.5 Å². The molecule has 0 aliphatic rings. The van der Waals surface area contributed by atoms with Crippen LogP contribution in [0.4, 0.5) is 0 Å². The van der Waals surface area contributed by atoms with E-state index < -0.39 is 0 Å². The molecule has 0 spiro atoms. The van der Waals surface area contributed by atoms with Crippen LogP contribution in [-0.2, 0) is 9.53 Å². The van der Waals surface area contributed by atoms with E-state index in [-0.39, 0.29) is 17.3 Å². The topological polar surface area (TPSA) is 26.3 Å². The summed E-state index contributed by atoms with van der Waals surface area (Å²) in [5, 5.41) is 0. The Balaban J connectivity index is 3.74. The largest absolute Gasteiger partial charge is 0.465 e. The fourth-order valence-electron chi connectivity index (χ4n) is 1.00. The van der Waals surface area contributed by atoms with Crippen LogP contribution in [0.5, 0.6) is 0 Å². The predicted octanol–water partition coefficient (Wildman–Crippen LogP) is 3.40. The summed E-state index contributed by atoms with van der Waals surface area (Å²) in [5.41, 5.74) is 0.00183. The highest BCUT2D eigenvalue weighted by Crippen LogP contribution is 2.26. The van der Waals surface area contributed by atoms with Crippen LogP contribution in [0.1, 0.15) is 53.9 Å². The lowest BCUT2D eigenvalue weighted by Crippen LogP contribution is -2.27. The van der Waals surface area contributed by atoms with Gasteiger partial charge in [-0.05, 0) is 11.8 Å². The Morgan fingerprint density at radius 2 is 1.86 bits per heavy atom. The number of rotatable bonds is 5. The van der Waals surface area contributed by atoms with Crippen LogP contribution in [-0.4, -0.2) is 12.6 Å². The van der Waals surface area contributed by atoms with Crippen LogP contribution >= 0.6 is 0 Å². The third-order valence-electron chi connectivity index (χ3n) is 2.64. The van der Waals surface area contributed by atoms with Crippen molar-refractivity contribution in [2.75, 3.05) is 6.61 Å². The lowest BCUT2D eigenvalue weighted by molar-refractivity contribution is -0.151. The molecule has 84 valence electrons. The van der Waals surface area contributed by atoms with Crippen molar-refractivity contribution < 1.29 is 9.53 Å². The van der Waals surface area contributed by atoms with Gasteiger partial charge in [-0.3, -0.25) is 4.79 Å². The van der Waals surface area contributed by atoms with Crippen molar-refractivity contribution in [1.82, 2.24) is 0 Å². The number of hydrogen-bond donors (Lipinski definition) is 0. The molecule has 14 heavy (non-hydrogen) atoms. The van der Waals surface area contributed by atoms with E-state index in [1.807, 2.05) is 6.92 Å². The van der Waals surface area contributed by atoms with Gasteiger partial charge in [0.2, 0.25) is 0 Å². The second-order valence-electron chi connectivity index (χ2n) is 4.96. The van der Waals surface area contributed by atoms with Crippen molar-refractivity contribution in [2.45, 2.75) is 53.9 Å². The molecule has 0 heterocycles. The predicted molar refractivity (Wildman–Crippen MR) is 59.1 cm³/mol. The molecule has 0 fully saturated rings. The van der Waals surface area contributed by atoms with Gasteiger partial charge in [0.1, 0.15) is 0 Å². The molecule has 2 heteroatoms. The van der Waals surface area contributed by atoms with Gasteiger partial charge in [0.25, 0.3) is 0 Å². The second-order valence-corrected chi connectivity index (χ2v) is 4.96. The SMILES string of the molecule is CCCCCOC(=O)C(C)C(C)(C)C. The minimum absolute atomic E-state index is 0.00183. The Morgan fingerprint density at radius 1 is 1.29 bits per heavy atom. The molecule has 0 radical (unpaired) electrons. The van der Waals surface area contributed by atoms with Gasteiger partial charge in [-0.2, -0.15) is 0 Å². The standard InChI is InChI=1S/C12H24O2/c1-6-7-8-9-14-11(13)10(2)12(3,4)5/h10H,6-9H2,1-5H3. The first kappa shape index (κ1) is 13.5. The summed E-state index contributed by atoms with van der Waals surface area (Å²) in [6.45, 7) is 10.8. The summed E-state index contributed by atoms with van der Waals surface area (Å²) >= 11 is 0. The molecule has 1 atom stereocenters. The maximum absolute atomic E-state index is 11.5. The van der Waals surface area contributed by atoms with Crippen LogP contribution in [0, 0.1) is 11.3 Å². The number of hydrogen-bond acceptors (Lipinski definition) is 2. The Kier molecular flexibility index (Phi) is 5.82. The molecular weight excluding hydrogens is 176 g/mol. The molecule has 1 unspecified atom stereocenters. The molecule has 0 aliphatic carbocycles. The van der Waals surface area contributed by atoms with Gasteiger partial charge in [0, 0.05) is 0 Å². The maximum atomic E-state index is 11.5.